The molecule has 0 aliphatic heterocycles. The summed E-state index contributed by atoms with van der Waals surface area (Å²) >= 11 is 12.0. The second-order valence-electron chi connectivity index (χ2n) is 5.01. The first-order valence-electron chi connectivity index (χ1n) is 6.89. The van der Waals surface area contributed by atoms with Gasteiger partial charge in [0.05, 0.1) is 13.2 Å². The summed E-state index contributed by atoms with van der Waals surface area (Å²) in [5.74, 6) is -0.654. The Bertz CT molecular complexity index is 523. The Morgan fingerprint density at radius 1 is 1.24 bits per heavy atom. The van der Waals surface area contributed by atoms with Crippen LogP contribution in [0.2, 0.25) is 10.0 Å². The van der Waals surface area contributed by atoms with Crippen LogP contribution in [0.25, 0.3) is 0 Å². The van der Waals surface area contributed by atoms with E-state index >= 15 is 0 Å². The Kier molecular flexibility index (Phi) is 5.48. The van der Waals surface area contributed by atoms with Crippen molar-refractivity contribution >= 4 is 40.6 Å². The van der Waals surface area contributed by atoms with Crippen LogP contribution in [0.15, 0.2) is 18.2 Å². The highest BCUT2D eigenvalue weighted by atomic mass is 35.5. The largest absolute Gasteiger partial charge is 0.466 e. The average molecular weight is 330 g/mol. The summed E-state index contributed by atoms with van der Waals surface area (Å²) in [4.78, 5) is 25.3. The summed E-state index contributed by atoms with van der Waals surface area (Å²) in [6, 6.07) is 5.52. The molecule has 1 saturated carbocycles. The molecular weight excluding hydrogens is 313 g/mol. The average Bonchev–Trinajstić information content (AvgIpc) is 3.19. The van der Waals surface area contributed by atoms with E-state index in [1.165, 1.54) is 0 Å². The minimum atomic E-state index is -0.484. The van der Waals surface area contributed by atoms with Crippen LogP contribution < -0.4 is 4.90 Å². The lowest BCUT2D eigenvalue weighted by Gasteiger charge is -2.24. The van der Waals surface area contributed by atoms with Gasteiger partial charge in [0.25, 0.3) is 0 Å². The monoisotopic (exact) mass is 329 g/mol. The molecule has 21 heavy (non-hydrogen) atoms. The molecule has 0 N–H and O–H groups in total. The van der Waals surface area contributed by atoms with Crippen molar-refractivity contribution in [2.45, 2.75) is 32.2 Å². The summed E-state index contributed by atoms with van der Waals surface area (Å²) in [5.41, 5.74) is 0.812. The number of carbonyl (C=O) groups is 2. The predicted molar refractivity (Wildman–Crippen MR) is 83.1 cm³/mol. The highest BCUT2D eigenvalue weighted by Crippen LogP contribution is 2.34. The first-order chi connectivity index (χ1) is 9.99. The van der Waals surface area contributed by atoms with E-state index in [1.54, 1.807) is 25.1 Å². The van der Waals surface area contributed by atoms with Gasteiger partial charge >= 0.3 is 5.97 Å². The number of benzene rings is 1. The molecule has 1 aromatic carbocycles. The normalized spacial score (nSPS) is 13.9. The van der Waals surface area contributed by atoms with Crippen molar-refractivity contribution in [3.05, 3.63) is 28.2 Å². The zero-order chi connectivity index (χ0) is 15.4. The Morgan fingerprint density at radius 3 is 2.38 bits per heavy atom. The van der Waals surface area contributed by atoms with E-state index < -0.39 is 5.97 Å². The van der Waals surface area contributed by atoms with Gasteiger partial charge in [-0.15, -0.1) is 0 Å². The molecule has 0 radical (unpaired) electrons. The number of esters is 1. The van der Waals surface area contributed by atoms with E-state index in [4.69, 9.17) is 27.9 Å². The maximum Gasteiger partial charge on any atom is 0.313 e. The second kappa shape index (κ2) is 7.14. The molecule has 0 aromatic heterocycles. The predicted octanol–water partition coefficient (Wildman–Crippen LogP) is 3.48. The Balaban J connectivity index is 2.06. The van der Waals surface area contributed by atoms with Crippen LogP contribution in [0.4, 0.5) is 5.69 Å². The molecule has 0 bridgehead atoms. The third kappa shape index (κ3) is 4.90. The van der Waals surface area contributed by atoms with Crippen molar-refractivity contribution in [1.82, 2.24) is 0 Å². The minimum absolute atomic E-state index is 0.167. The van der Waals surface area contributed by atoms with Crippen molar-refractivity contribution < 1.29 is 14.3 Å². The van der Waals surface area contributed by atoms with Gasteiger partial charge in [-0.3, -0.25) is 9.59 Å². The molecule has 2 rings (SSSR count). The zero-order valence-electron chi connectivity index (χ0n) is 11.8. The molecule has 1 aliphatic rings. The molecule has 0 amide bonds. The van der Waals surface area contributed by atoms with Gasteiger partial charge in [0.15, 0.2) is 5.78 Å². The van der Waals surface area contributed by atoms with Crippen LogP contribution in [-0.4, -0.2) is 30.9 Å². The van der Waals surface area contributed by atoms with Gasteiger partial charge < -0.3 is 9.64 Å². The second-order valence-corrected chi connectivity index (χ2v) is 5.88. The lowest BCUT2D eigenvalue weighted by atomic mass is 10.2. The number of anilines is 1. The topological polar surface area (TPSA) is 46.6 Å². The number of nitrogens with zero attached hydrogens (tertiary/aromatic N) is 1. The van der Waals surface area contributed by atoms with Gasteiger partial charge in [-0.1, -0.05) is 23.2 Å². The molecule has 0 atom stereocenters. The summed E-state index contributed by atoms with van der Waals surface area (Å²) in [5, 5.41) is 1.06. The minimum Gasteiger partial charge on any atom is -0.466 e. The molecule has 0 saturated heterocycles. The first kappa shape index (κ1) is 16.1. The molecule has 1 fully saturated rings. The summed E-state index contributed by atoms with van der Waals surface area (Å²) < 4.78 is 4.79. The van der Waals surface area contributed by atoms with Crippen LogP contribution >= 0.6 is 23.2 Å². The molecule has 0 heterocycles. The number of carbonyl (C=O) groups excluding carboxylic acids is 2. The molecule has 0 unspecified atom stereocenters. The van der Waals surface area contributed by atoms with Crippen molar-refractivity contribution in [3.8, 4) is 0 Å². The van der Waals surface area contributed by atoms with Gasteiger partial charge in [0.1, 0.15) is 6.42 Å². The number of hydrogen-bond donors (Lipinski definition) is 0. The molecule has 4 nitrogen and oxygen atoms in total. The van der Waals surface area contributed by atoms with Gasteiger partial charge in [-0.25, -0.2) is 0 Å². The van der Waals surface area contributed by atoms with E-state index in [-0.39, 0.29) is 25.4 Å². The van der Waals surface area contributed by atoms with Gasteiger partial charge in [-0.2, -0.15) is 0 Å². The zero-order valence-corrected chi connectivity index (χ0v) is 13.3. The van der Waals surface area contributed by atoms with Crippen molar-refractivity contribution in [3.63, 3.8) is 0 Å². The van der Waals surface area contributed by atoms with Gasteiger partial charge in [0, 0.05) is 21.8 Å². The summed E-state index contributed by atoms with van der Waals surface area (Å²) in [7, 11) is 0. The fourth-order valence-corrected chi connectivity index (χ4v) is 2.66. The van der Waals surface area contributed by atoms with Crippen LogP contribution in [0.3, 0.4) is 0 Å². The highest BCUT2D eigenvalue weighted by Gasteiger charge is 2.31. The van der Waals surface area contributed by atoms with Crippen LogP contribution in [0.5, 0.6) is 0 Å². The number of Topliss-reactive ketones (excluding diaryl/α,β-unsaturated/α-hetero) is 1. The van der Waals surface area contributed by atoms with Gasteiger partial charge in [0.2, 0.25) is 0 Å². The van der Waals surface area contributed by atoms with E-state index in [1.807, 2.05) is 4.90 Å². The molecule has 1 aliphatic carbocycles. The molecular formula is C15H17Cl2NO3. The molecule has 1 aromatic rings. The maximum absolute atomic E-state index is 12.0. The number of hydrogen-bond acceptors (Lipinski definition) is 4. The number of rotatable bonds is 7. The Morgan fingerprint density at radius 2 is 1.86 bits per heavy atom. The van der Waals surface area contributed by atoms with E-state index in [9.17, 15) is 9.59 Å². The van der Waals surface area contributed by atoms with E-state index in [0.29, 0.717) is 16.1 Å². The fraction of sp³-hybridized carbons (Fsp3) is 0.467. The van der Waals surface area contributed by atoms with Crippen LogP contribution in [0, 0.1) is 0 Å². The quantitative estimate of drug-likeness (QED) is 0.567. The van der Waals surface area contributed by atoms with Gasteiger partial charge in [-0.05, 0) is 38.0 Å². The first-order valence-corrected chi connectivity index (χ1v) is 7.65. The lowest BCUT2D eigenvalue weighted by Crippen LogP contribution is -2.33. The standard InChI is InChI=1S/C15H17Cl2NO3/c1-2-21-15(20)8-14(19)9-18(12-3-4-12)13-6-10(16)5-11(17)7-13/h5-7,12H,2-4,8-9H2,1H3. The number of ketones is 1. The molecule has 6 heteroatoms. The SMILES string of the molecule is CCOC(=O)CC(=O)CN(c1cc(Cl)cc(Cl)c1)C1CC1. The molecule has 0 spiro atoms. The maximum atomic E-state index is 12.0. The van der Waals surface area contributed by atoms with Crippen LogP contribution in [0.1, 0.15) is 26.2 Å². The third-order valence-corrected chi connectivity index (χ3v) is 3.60. The number of ether oxygens (including phenoxy) is 1. The van der Waals surface area contributed by atoms with Crippen LogP contribution in [-0.2, 0) is 14.3 Å². The fourth-order valence-electron chi connectivity index (χ4n) is 2.14. The summed E-state index contributed by atoms with van der Waals surface area (Å²) in [6.45, 7) is 2.16. The highest BCUT2D eigenvalue weighted by molar-refractivity contribution is 6.35. The summed E-state index contributed by atoms with van der Waals surface area (Å²) in [6.07, 6.45) is 1.85. The van der Waals surface area contributed by atoms with Crippen molar-refractivity contribution in [2.24, 2.45) is 0 Å². The van der Waals surface area contributed by atoms with Crippen molar-refractivity contribution in [2.75, 3.05) is 18.1 Å². The van der Waals surface area contributed by atoms with E-state index in [0.717, 1.165) is 18.5 Å². The van der Waals surface area contributed by atoms with E-state index in [2.05, 4.69) is 0 Å². The van der Waals surface area contributed by atoms with Crippen molar-refractivity contribution in [1.29, 1.82) is 0 Å². The third-order valence-electron chi connectivity index (χ3n) is 3.16. The Hall–Kier alpha value is -1.26. The number of halogens is 2. The smallest absolute Gasteiger partial charge is 0.313 e. The molecule has 114 valence electrons. The Labute approximate surface area is 134 Å². The lowest BCUT2D eigenvalue weighted by molar-refractivity contribution is -0.145.